The minimum atomic E-state index is -0.388. The smallest absolute Gasteiger partial charge is 0.414 e. The van der Waals surface area contributed by atoms with Gasteiger partial charge in [-0.25, -0.2) is 4.79 Å². The number of anilines is 2. The van der Waals surface area contributed by atoms with E-state index in [0.717, 1.165) is 5.56 Å². The lowest BCUT2D eigenvalue weighted by Gasteiger charge is -2.14. The van der Waals surface area contributed by atoms with E-state index in [4.69, 9.17) is 9.47 Å². The van der Waals surface area contributed by atoms with Crippen molar-refractivity contribution in [3.05, 3.63) is 59.7 Å². The average molecular weight is 340 g/mol. The molecule has 2 aromatic rings. The molecule has 6 heteroatoms. The van der Waals surface area contributed by atoms with E-state index in [1.54, 1.807) is 24.3 Å². The topological polar surface area (TPSA) is 67.9 Å². The first-order valence-electron chi connectivity index (χ1n) is 8.20. The molecule has 0 aliphatic carbocycles. The zero-order valence-electron chi connectivity index (χ0n) is 14.0. The lowest BCUT2D eigenvalue weighted by Crippen LogP contribution is -2.23. The fourth-order valence-corrected chi connectivity index (χ4v) is 2.61. The molecule has 0 radical (unpaired) electrons. The summed E-state index contributed by atoms with van der Waals surface area (Å²) in [6.07, 6.45) is -0.388. The standard InChI is InChI=1S/C19H20N2O4/c1-2-24-13-14-5-3-7-16(11-14)20-18(22)15-6-4-8-17(12-15)21-9-10-25-19(21)23/h3-8,11-12H,2,9-10,13H2,1H3,(H,20,22). The largest absolute Gasteiger partial charge is 0.447 e. The number of carbonyl (C=O) groups excluding carboxylic acids is 2. The first-order chi connectivity index (χ1) is 12.2. The van der Waals surface area contributed by atoms with Crippen molar-refractivity contribution in [3.63, 3.8) is 0 Å². The van der Waals surface area contributed by atoms with Crippen LogP contribution in [-0.4, -0.2) is 31.8 Å². The molecule has 3 rings (SSSR count). The molecule has 6 nitrogen and oxygen atoms in total. The van der Waals surface area contributed by atoms with Crippen molar-refractivity contribution < 1.29 is 19.1 Å². The van der Waals surface area contributed by atoms with Crippen LogP contribution in [0.15, 0.2) is 48.5 Å². The van der Waals surface area contributed by atoms with Crippen LogP contribution in [0.5, 0.6) is 0 Å². The second-order valence-electron chi connectivity index (χ2n) is 5.61. The summed E-state index contributed by atoms with van der Waals surface area (Å²) >= 11 is 0. The predicted octanol–water partition coefficient (Wildman–Crippen LogP) is 3.43. The van der Waals surface area contributed by atoms with Gasteiger partial charge in [0.2, 0.25) is 0 Å². The molecule has 0 aromatic heterocycles. The van der Waals surface area contributed by atoms with E-state index in [0.29, 0.717) is 43.3 Å². The van der Waals surface area contributed by atoms with Crippen LogP contribution in [-0.2, 0) is 16.1 Å². The Morgan fingerprint density at radius 3 is 2.84 bits per heavy atom. The second kappa shape index (κ2) is 7.81. The summed E-state index contributed by atoms with van der Waals surface area (Å²) < 4.78 is 10.3. The molecule has 0 saturated carbocycles. The molecular weight excluding hydrogens is 320 g/mol. The maximum absolute atomic E-state index is 12.5. The van der Waals surface area contributed by atoms with Crippen molar-refractivity contribution in [2.24, 2.45) is 0 Å². The van der Waals surface area contributed by atoms with E-state index in [1.807, 2.05) is 31.2 Å². The van der Waals surface area contributed by atoms with Crippen molar-refractivity contribution in [3.8, 4) is 0 Å². The molecule has 0 bridgehead atoms. The highest BCUT2D eigenvalue weighted by atomic mass is 16.6. The maximum atomic E-state index is 12.5. The highest BCUT2D eigenvalue weighted by Gasteiger charge is 2.24. The average Bonchev–Trinajstić information content (AvgIpc) is 3.06. The Kier molecular flexibility index (Phi) is 5.30. The third-order valence-electron chi connectivity index (χ3n) is 3.84. The number of nitrogens with one attached hydrogen (secondary N) is 1. The van der Waals surface area contributed by atoms with Gasteiger partial charge >= 0.3 is 6.09 Å². The molecule has 1 aliphatic heterocycles. The number of hydrogen-bond donors (Lipinski definition) is 1. The van der Waals surface area contributed by atoms with Crippen LogP contribution in [0.1, 0.15) is 22.8 Å². The van der Waals surface area contributed by atoms with Gasteiger partial charge in [0.1, 0.15) is 6.61 Å². The lowest BCUT2D eigenvalue weighted by molar-refractivity contribution is 0.102. The quantitative estimate of drug-likeness (QED) is 0.875. The SMILES string of the molecule is CCOCc1cccc(NC(=O)c2cccc(N3CCOC3=O)c2)c1. The molecule has 2 aromatic carbocycles. The summed E-state index contributed by atoms with van der Waals surface area (Å²) in [7, 11) is 0. The molecule has 130 valence electrons. The van der Waals surface area contributed by atoms with Gasteiger partial charge in [0.25, 0.3) is 5.91 Å². The first kappa shape index (κ1) is 17.0. The zero-order valence-corrected chi connectivity index (χ0v) is 14.0. The van der Waals surface area contributed by atoms with Crippen LogP contribution in [0.2, 0.25) is 0 Å². The summed E-state index contributed by atoms with van der Waals surface area (Å²) in [5, 5.41) is 2.87. The molecule has 2 amide bonds. The van der Waals surface area contributed by atoms with Crippen molar-refractivity contribution in [2.75, 3.05) is 30.0 Å². The lowest BCUT2D eigenvalue weighted by atomic mass is 10.1. The molecule has 25 heavy (non-hydrogen) atoms. The van der Waals surface area contributed by atoms with Gasteiger partial charge in [-0.15, -0.1) is 0 Å². The molecule has 1 aliphatic rings. The monoisotopic (exact) mass is 340 g/mol. The second-order valence-corrected chi connectivity index (χ2v) is 5.61. The minimum absolute atomic E-state index is 0.233. The summed E-state index contributed by atoms with van der Waals surface area (Å²) in [5.41, 5.74) is 2.83. The Balaban J connectivity index is 1.72. The van der Waals surface area contributed by atoms with Gasteiger partial charge in [-0.05, 0) is 42.8 Å². The first-order valence-corrected chi connectivity index (χ1v) is 8.20. The van der Waals surface area contributed by atoms with Crippen molar-refractivity contribution in [1.82, 2.24) is 0 Å². The number of rotatable bonds is 6. The number of amides is 2. The van der Waals surface area contributed by atoms with E-state index in [9.17, 15) is 9.59 Å². The van der Waals surface area contributed by atoms with E-state index in [1.165, 1.54) is 4.90 Å². The molecule has 1 N–H and O–H groups in total. The third kappa shape index (κ3) is 4.16. The van der Waals surface area contributed by atoms with Gasteiger partial charge in [-0.1, -0.05) is 18.2 Å². The zero-order chi connectivity index (χ0) is 17.6. The number of cyclic esters (lactones) is 1. The fraction of sp³-hybridized carbons (Fsp3) is 0.263. The van der Waals surface area contributed by atoms with Gasteiger partial charge < -0.3 is 14.8 Å². The Morgan fingerprint density at radius 1 is 1.24 bits per heavy atom. The van der Waals surface area contributed by atoms with Gasteiger partial charge in [0.05, 0.1) is 13.2 Å². The molecular formula is C19H20N2O4. The number of benzene rings is 2. The van der Waals surface area contributed by atoms with E-state index in [-0.39, 0.29) is 12.0 Å². The number of hydrogen-bond acceptors (Lipinski definition) is 4. The van der Waals surface area contributed by atoms with Crippen molar-refractivity contribution >= 4 is 23.4 Å². The van der Waals surface area contributed by atoms with Crippen molar-refractivity contribution in [1.29, 1.82) is 0 Å². The predicted molar refractivity (Wildman–Crippen MR) is 94.9 cm³/mol. The van der Waals surface area contributed by atoms with E-state index in [2.05, 4.69) is 5.32 Å². The number of carbonyl (C=O) groups is 2. The molecule has 1 saturated heterocycles. The van der Waals surface area contributed by atoms with Gasteiger partial charge in [-0.3, -0.25) is 9.69 Å². The van der Waals surface area contributed by atoms with Gasteiger partial charge in [0, 0.05) is 23.5 Å². The third-order valence-corrected chi connectivity index (χ3v) is 3.84. The van der Waals surface area contributed by atoms with Crippen molar-refractivity contribution in [2.45, 2.75) is 13.5 Å². The number of nitrogens with zero attached hydrogens (tertiary/aromatic N) is 1. The van der Waals surface area contributed by atoms with Crippen LogP contribution in [0.4, 0.5) is 16.2 Å². The highest BCUT2D eigenvalue weighted by molar-refractivity contribution is 6.05. The molecule has 0 atom stereocenters. The summed E-state index contributed by atoms with van der Waals surface area (Å²) in [6.45, 7) is 3.94. The highest BCUT2D eigenvalue weighted by Crippen LogP contribution is 2.21. The molecule has 1 fully saturated rings. The maximum Gasteiger partial charge on any atom is 0.414 e. The molecule has 0 unspecified atom stereocenters. The fourth-order valence-electron chi connectivity index (χ4n) is 2.61. The Labute approximate surface area is 146 Å². The van der Waals surface area contributed by atoms with Crippen LogP contribution in [0, 0.1) is 0 Å². The van der Waals surface area contributed by atoms with Gasteiger partial charge in [-0.2, -0.15) is 0 Å². The Hall–Kier alpha value is -2.86. The molecule has 1 heterocycles. The Morgan fingerprint density at radius 2 is 2.08 bits per heavy atom. The Bertz CT molecular complexity index is 776. The summed E-state index contributed by atoms with van der Waals surface area (Å²) in [4.78, 5) is 25.7. The van der Waals surface area contributed by atoms with E-state index >= 15 is 0 Å². The molecule has 0 spiro atoms. The van der Waals surface area contributed by atoms with Crippen LogP contribution >= 0.6 is 0 Å². The minimum Gasteiger partial charge on any atom is -0.447 e. The normalized spacial score (nSPS) is 13.6. The van der Waals surface area contributed by atoms with Gasteiger partial charge in [0.15, 0.2) is 0 Å². The van der Waals surface area contributed by atoms with E-state index < -0.39 is 0 Å². The van der Waals surface area contributed by atoms with Crippen LogP contribution in [0.25, 0.3) is 0 Å². The van der Waals surface area contributed by atoms with Crippen LogP contribution < -0.4 is 10.2 Å². The number of ether oxygens (including phenoxy) is 2. The summed E-state index contributed by atoms with van der Waals surface area (Å²) in [6, 6.07) is 14.5. The van der Waals surface area contributed by atoms with Crippen LogP contribution in [0.3, 0.4) is 0 Å². The summed E-state index contributed by atoms with van der Waals surface area (Å²) in [5.74, 6) is -0.233.